The van der Waals surface area contributed by atoms with Crippen molar-refractivity contribution in [1.29, 1.82) is 0 Å². The third-order valence-corrected chi connectivity index (χ3v) is 3.12. The lowest BCUT2D eigenvalue weighted by Gasteiger charge is -2.16. The summed E-state index contributed by atoms with van der Waals surface area (Å²) in [6.45, 7) is 5.44. The zero-order chi connectivity index (χ0) is 12.0. The molecule has 1 atom stereocenters. The van der Waals surface area contributed by atoms with E-state index >= 15 is 0 Å². The van der Waals surface area contributed by atoms with Crippen LogP contribution in [0.3, 0.4) is 0 Å². The first-order chi connectivity index (χ1) is 7.69. The molecule has 0 saturated carbocycles. The van der Waals surface area contributed by atoms with Crippen LogP contribution in [0.4, 0.5) is 0 Å². The van der Waals surface area contributed by atoms with E-state index in [0.29, 0.717) is 10.9 Å². The first-order valence-electron chi connectivity index (χ1n) is 5.99. The molecule has 1 rings (SSSR count). The van der Waals surface area contributed by atoms with Crippen LogP contribution in [-0.2, 0) is 6.54 Å². The van der Waals surface area contributed by atoms with E-state index in [9.17, 15) is 0 Å². The van der Waals surface area contributed by atoms with Crippen LogP contribution in [0.15, 0.2) is 12.4 Å². The molecule has 0 aliphatic carbocycles. The van der Waals surface area contributed by atoms with E-state index < -0.39 is 0 Å². The number of nitrogens with zero attached hydrogens (tertiary/aromatic N) is 2. The number of thiocarbonyl (C=S) groups is 1. The van der Waals surface area contributed by atoms with Gasteiger partial charge in [-0.3, -0.25) is 0 Å². The minimum absolute atomic E-state index is 0.385. The minimum atomic E-state index is 0.385. The Balaban J connectivity index is 2.62. The highest BCUT2D eigenvalue weighted by Crippen LogP contribution is 2.15. The summed E-state index contributed by atoms with van der Waals surface area (Å²) in [7, 11) is 0. The van der Waals surface area contributed by atoms with Crippen LogP contribution in [0.1, 0.15) is 45.4 Å². The monoisotopic (exact) mass is 239 g/mol. The van der Waals surface area contributed by atoms with Crippen LogP contribution in [-0.4, -0.2) is 14.5 Å². The smallest absolute Gasteiger partial charge is 0.167 e. The second-order valence-corrected chi connectivity index (χ2v) is 4.62. The molecule has 3 nitrogen and oxygen atoms in total. The fourth-order valence-corrected chi connectivity index (χ4v) is 2.05. The molecule has 2 N–H and O–H groups in total. The van der Waals surface area contributed by atoms with Crippen LogP contribution < -0.4 is 5.73 Å². The van der Waals surface area contributed by atoms with Crippen molar-refractivity contribution in [1.82, 2.24) is 9.55 Å². The third kappa shape index (κ3) is 3.59. The van der Waals surface area contributed by atoms with Gasteiger partial charge in [-0.25, -0.2) is 4.98 Å². The number of unbranched alkanes of at least 4 members (excludes halogenated alkanes) is 1. The van der Waals surface area contributed by atoms with Gasteiger partial charge in [-0.1, -0.05) is 45.3 Å². The van der Waals surface area contributed by atoms with Crippen LogP contribution in [0.5, 0.6) is 0 Å². The van der Waals surface area contributed by atoms with Crippen molar-refractivity contribution >= 4 is 17.2 Å². The van der Waals surface area contributed by atoms with Gasteiger partial charge in [0.05, 0.1) is 0 Å². The van der Waals surface area contributed by atoms with Gasteiger partial charge in [-0.2, -0.15) is 0 Å². The van der Waals surface area contributed by atoms with Crippen molar-refractivity contribution in [3.05, 3.63) is 18.2 Å². The van der Waals surface area contributed by atoms with Crippen molar-refractivity contribution in [3.8, 4) is 0 Å². The maximum absolute atomic E-state index is 5.62. The molecule has 1 heterocycles. The topological polar surface area (TPSA) is 43.8 Å². The van der Waals surface area contributed by atoms with Crippen LogP contribution >= 0.6 is 12.2 Å². The average molecular weight is 239 g/mol. The van der Waals surface area contributed by atoms with Crippen LogP contribution in [0.25, 0.3) is 0 Å². The third-order valence-electron chi connectivity index (χ3n) is 2.93. The van der Waals surface area contributed by atoms with Crippen LogP contribution in [0, 0.1) is 5.92 Å². The summed E-state index contributed by atoms with van der Waals surface area (Å²) in [4.78, 5) is 4.56. The molecule has 0 radical (unpaired) electrons. The molecule has 1 aromatic rings. The summed E-state index contributed by atoms with van der Waals surface area (Å²) in [6.07, 6.45) is 8.72. The summed E-state index contributed by atoms with van der Waals surface area (Å²) in [5, 5.41) is 0. The Morgan fingerprint density at radius 2 is 2.31 bits per heavy atom. The summed E-state index contributed by atoms with van der Waals surface area (Å²) in [5.41, 5.74) is 5.62. The van der Waals surface area contributed by atoms with E-state index in [1.54, 1.807) is 6.20 Å². The average Bonchev–Trinajstić information content (AvgIpc) is 2.72. The highest BCUT2D eigenvalue weighted by molar-refractivity contribution is 7.80. The quantitative estimate of drug-likeness (QED) is 0.744. The Bertz CT molecular complexity index is 333. The molecule has 0 bridgehead atoms. The molecular formula is C12H21N3S. The highest BCUT2D eigenvalue weighted by atomic mass is 32.1. The van der Waals surface area contributed by atoms with E-state index in [-0.39, 0.29) is 0 Å². The van der Waals surface area contributed by atoms with Crippen molar-refractivity contribution < 1.29 is 0 Å². The van der Waals surface area contributed by atoms with Crippen molar-refractivity contribution in [2.24, 2.45) is 11.7 Å². The first kappa shape index (κ1) is 13.2. The predicted octanol–water partition coefficient (Wildman–Crippen LogP) is 2.73. The molecule has 0 fully saturated rings. The second kappa shape index (κ2) is 6.63. The van der Waals surface area contributed by atoms with Crippen LogP contribution in [0.2, 0.25) is 0 Å². The Morgan fingerprint density at radius 3 is 2.88 bits per heavy atom. The van der Waals surface area contributed by atoms with E-state index in [4.69, 9.17) is 18.0 Å². The SMILES string of the molecule is CCCCC(CC)Cn1ccnc1C(N)=S. The molecule has 0 spiro atoms. The van der Waals surface area contributed by atoms with Crippen molar-refractivity contribution in [2.45, 2.75) is 46.1 Å². The number of nitrogens with two attached hydrogens (primary N) is 1. The normalized spacial score (nSPS) is 12.6. The van der Waals surface area contributed by atoms with E-state index in [1.165, 1.54) is 25.7 Å². The van der Waals surface area contributed by atoms with Crippen molar-refractivity contribution in [3.63, 3.8) is 0 Å². The number of aromatic nitrogens is 2. The van der Waals surface area contributed by atoms with Gasteiger partial charge in [0.2, 0.25) is 0 Å². The fourth-order valence-electron chi connectivity index (χ4n) is 1.88. The maximum atomic E-state index is 5.62. The van der Waals surface area contributed by atoms with Crippen molar-refractivity contribution in [2.75, 3.05) is 0 Å². The van der Waals surface area contributed by atoms with E-state index in [0.717, 1.165) is 12.4 Å². The molecule has 4 heteroatoms. The number of rotatable bonds is 7. The van der Waals surface area contributed by atoms with Gasteiger partial charge < -0.3 is 10.3 Å². The molecule has 90 valence electrons. The number of hydrogen-bond acceptors (Lipinski definition) is 2. The maximum Gasteiger partial charge on any atom is 0.167 e. The Morgan fingerprint density at radius 1 is 1.56 bits per heavy atom. The Hall–Kier alpha value is -0.900. The Labute approximate surface area is 103 Å². The molecule has 0 saturated heterocycles. The minimum Gasteiger partial charge on any atom is -0.387 e. The lowest BCUT2D eigenvalue weighted by Crippen LogP contribution is -2.19. The van der Waals surface area contributed by atoms with Gasteiger partial charge in [0.25, 0.3) is 0 Å². The lowest BCUT2D eigenvalue weighted by atomic mass is 9.99. The van der Waals surface area contributed by atoms with Gasteiger partial charge in [0, 0.05) is 18.9 Å². The summed E-state index contributed by atoms with van der Waals surface area (Å²) in [6, 6.07) is 0. The molecule has 16 heavy (non-hydrogen) atoms. The molecule has 0 amide bonds. The fraction of sp³-hybridized carbons (Fsp3) is 0.667. The number of imidazole rings is 1. The van der Waals surface area contributed by atoms with E-state index in [2.05, 4.69) is 23.4 Å². The van der Waals surface area contributed by atoms with Gasteiger partial charge in [0.1, 0.15) is 4.99 Å². The zero-order valence-electron chi connectivity index (χ0n) is 10.1. The Kier molecular flexibility index (Phi) is 5.46. The second-order valence-electron chi connectivity index (χ2n) is 4.18. The molecule has 0 aliphatic heterocycles. The van der Waals surface area contributed by atoms with Gasteiger partial charge >= 0.3 is 0 Å². The number of hydrogen-bond donors (Lipinski definition) is 1. The zero-order valence-corrected chi connectivity index (χ0v) is 11.0. The van der Waals surface area contributed by atoms with Gasteiger partial charge in [-0.15, -0.1) is 0 Å². The molecule has 0 aliphatic rings. The highest BCUT2D eigenvalue weighted by Gasteiger charge is 2.11. The van der Waals surface area contributed by atoms with E-state index in [1.807, 2.05) is 6.20 Å². The predicted molar refractivity (Wildman–Crippen MR) is 71.4 cm³/mol. The first-order valence-corrected chi connectivity index (χ1v) is 6.40. The summed E-state index contributed by atoms with van der Waals surface area (Å²) >= 11 is 4.97. The molecule has 1 aromatic heterocycles. The summed E-state index contributed by atoms with van der Waals surface area (Å²) in [5.74, 6) is 1.44. The molecule has 0 aromatic carbocycles. The largest absolute Gasteiger partial charge is 0.387 e. The lowest BCUT2D eigenvalue weighted by molar-refractivity contribution is 0.390. The molecule has 1 unspecified atom stereocenters. The van der Waals surface area contributed by atoms with Gasteiger partial charge in [-0.05, 0) is 12.3 Å². The summed E-state index contributed by atoms with van der Waals surface area (Å²) < 4.78 is 2.08. The standard InChI is InChI=1S/C12H21N3S/c1-3-5-6-10(4-2)9-15-8-7-14-12(15)11(13)16/h7-8,10H,3-6,9H2,1-2H3,(H2,13,16). The molecular weight excluding hydrogens is 218 g/mol. The van der Waals surface area contributed by atoms with Gasteiger partial charge in [0.15, 0.2) is 5.82 Å².